The SMILES string of the molecule is CCC(NC(=O)CC1C=CCC1)c1ccc(Cl)cc1. The molecule has 0 spiro atoms. The molecular formula is C16H20ClNO. The first-order valence-corrected chi connectivity index (χ1v) is 7.28. The maximum absolute atomic E-state index is 12.0. The molecule has 2 atom stereocenters. The summed E-state index contributed by atoms with van der Waals surface area (Å²) in [6.45, 7) is 2.08. The van der Waals surface area contributed by atoms with Gasteiger partial charge in [-0.2, -0.15) is 0 Å². The van der Waals surface area contributed by atoms with Crippen LogP contribution in [0, 0.1) is 5.92 Å². The lowest BCUT2D eigenvalue weighted by Gasteiger charge is -2.18. The molecule has 102 valence electrons. The van der Waals surface area contributed by atoms with E-state index in [0.717, 1.165) is 29.8 Å². The van der Waals surface area contributed by atoms with Crippen molar-refractivity contribution in [2.45, 2.75) is 38.6 Å². The lowest BCUT2D eigenvalue weighted by Crippen LogP contribution is -2.29. The van der Waals surface area contributed by atoms with Gasteiger partial charge in [0.2, 0.25) is 5.91 Å². The van der Waals surface area contributed by atoms with Gasteiger partial charge in [-0.05, 0) is 42.9 Å². The molecule has 19 heavy (non-hydrogen) atoms. The van der Waals surface area contributed by atoms with Gasteiger partial charge in [0, 0.05) is 11.4 Å². The summed E-state index contributed by atoms with van der Waals surface area (Å²) in [6.07, 6.45) is 8.00. The second kappa shape index (κ2) is 6.76. The van der Waals surface area contributed by atoms with Gasteiger partial charge >= 0.3 is 0 Å². The lowest BCUT2D eigenvalue weighted by molar-refractivity contribution is -0.122. The summed E-state index contributed by atoms with van der Waals surface area (Å²) in [5.74, 6) is 0.557. The molecule has 0 radical (unpaired) electrons. The van der Waals surface area contributed by atoms with Crippen LogP contribution < -0.4 is 5.32 Å². The van der Waals surface area contributed by atoms with Crippen LogP contribution in [0.3, 0.4) is 0 Å². The van der Waals surface area contributed by atoms with E-state index in [2.05, 4.69) is 24.4 Å². The van der Waals surface area contributed by atoms with E-state index in [1.165, 1.54) is 0 Å². The maximum atomic E-state index is 12.0. The average molecular weight is 278 g/mol. The number of allylic oxidation sites excluding steroid dienone is 2. The summed E-state index contributed by atoms with van der Waals surface area (Å²) >= 11 is 5.88. The molecule has 0 heterocycles. The number of halogens is 1. The molecule has 1 aromatic rings. The molecule has 0 fully saturated rings. The van der Waals surface area contributed by atoms with Crippen molar-refractivity contribution in [3.05, 3.63) is 47.0 Å². The predicted molar refractivity (Wildman–Crippen MR) is 79.1 cm³/mol. The Kier molecular flexibility index (Phi) is 5.03. The van der Waals surface area contributed by atoms with Crippen LogP contribution in [0.25, 0.3) is 0 Å². The highest BCUT2D eigenvalue weighted by Crippen LogP contribution is 2.22. The smallest absolute Gasteiger partial charge is 0.221 e. The van der Waals surface area contributed by atoms with Crippen molar-refractivity contribution in [3.63, 3.8) is 0 Å². The van der Waals surface area contributed by atoms with Crippen LogP contribution in [-0.2, 0) is 4.79 Å². The van der Waals surface area contributed by atoms with Crippen LogP contribution in [0.15, 0.2) is 36.4 Å². The Morgan fingerprint density at radius 3 is 2.74 bits per heavy atom. The molecule has 1 aliphatic rings. The van der Waals surface area contributed by atoms with E-state index in [-0.39, 0.29) is 11.9 Å². The van der Waals surface area contributed by atoms with Gasteiger partial charge in [0.1, 0.15) is 0 Å². The van der Waals surface area contributed by atoms with Crippen LogP contribution in [0.5, 0.6) is 0 Å². The molecule has 1 amide bonds. The second-order valence-corrected chi connectivity index (χ2v) is 5.49. The Hall–Kier alpha value is -1.28. The molecule has 0 saturated carbocycles. The van der Waals surface area contributed by atoms with Crippen molar-refractivity contribution in [1.29, 1.82) is 0 Å². The highest BCUT2D eigenvalue weighted by molar-refractivity contribution is 6.30. The zero-order chi connectivity index (χ0) is 13.7. The van der Waals surface area contributed by atoms with Crippen molar-refractivity contribution in [2.75, 3.05) is 0 Å². The number of rotatable bonds is 5. The fourth-order valence-corrected chi connectivity index (χ4v) is 2.60. The molecule has 3 heteroatoms. The maximum Gasteiger partial charge on any atom is 0.221 e. The van der Waals surface area contributed by atoms with Crippen LogP contribution >= 0.6 is 11.6 Å². The molecule has 0 saturated heterocycles. The third-order valence-electron chi connectivity index (χ3n) is 3.58. The Balaban J connectivity index is 1.92. The standard InChI is InChI=1S/C16H20ClNO/c1-2-15(13-7-9-14(17)10-8-13)18-16(19)11-12-5-3-4-6-12/h3,5,7-10,12,15H,2,4,6,11H2,1H3,(H,18,19). The fourth-order valence-electron chi connectivity index (χ4n) is 2.47. The van der Waals surface area contributed by atoms with E-state index in [9.17, 15) is 4.79 Å². The minimum absolute atomic E-state index is 0.0788. The molecule has 2 nitrogen and oxygen atoms in total. The highest BCUT2D eigenvalue weighted by Gasteiger charge is 2.17. The second-order valence-electron chi connectivity index (χ2n) is 5.05. The van der Waals surface area contributed by atoms with Crippen LogP contribution in [0.1, 0.15) is 44.2 Å². The van der Waals surface area contributed by atoms with Crippen LogP contribution in [0.4, 0.5) is 0 Å². The van der Waals surface area contributed by atoms with E-state index in [4.69, 9.17) is 11.6 Å². The number of carbonyl (C=O) groups is 1. The van der Waals surface area contributed by atoms with Crippen LogP contribution in [0.2, 0.25) is 5.02 Å². The van der Waals surface area contributed by atoms with E-state index in [1.807, 2.05) is 24.3 Å². The minimum atomic E-state index is 0.0788. The van der Waals surface area contributed by atoms with Crippen molar-refractivity contribution in [1.82, 2.24) is 5.32 Å². The summed E-state index contributed by atoms with van der Waals surface area (Å²) in [7, 11) is 0. The average Bonchev–Trinajstić information content (AvgIpc) is 2.90. The highest BCUT2D eigenvalue weighted by atomic mass is 35.5. The summed E-state index contributed by atoms with van der Waals surface area (Å²) < 4.78 is 0. The third-order valence-corrected chi connectivity index (χ3v) is 3.83. The summed E-state index contributed by atoms with van der Waals surface area (Å²) in [5, 5.41) is 3.84. The Labute approximate surface area is 119 Å². The van der Waals surface area contributed by atoms with E-state index in [1.54, 1.807) is 0 Å². The van der Waals surface area contributed by atoms with Crippen molar-refractivity contribution in [2.24, 2.45) is 5.92 Å². The lowest BCUT2D eigenvalue weighted by atomic mass is 10.0. The van der Waals surface area contributed by atoms with Gasteiger partial charge < -0.3 is 5.32 Å². The third kappa shape index (κ3) is 4.10. The molecule has 0 aliphatic heterocycles. The number of carbonyl (C=O) groups excluding carboxylic acids is 1. The first-order chi connectivity index (χ1) is 9.19. The van der Waals surface area contributed by atoms with Gasteiger partial charge in [-0.3, -0.25) is 4.79 Å². The van der Waals surface area contributed by atoms with Crippen LogP contribution in [-0.4, -0.2) is 5.91 Å². The first kappa shape index (κ1) is 14.1. The summed E-state index contributed by atoms with van der Waals surface area (Å²) in [5.41, 5.74) is 1.11. The number of benzene rings is 1. The number of amides is 1. The van der Waals surface area contributed by atoms with Crippen molar-refractivity contribution >= 4 is 17.5 Å². The quantitative estimate of drug-likeness (QED) is 0.801. The number of hydrogen-bond acceptors (Lipinski definition) is 1. The molecule has 0 aromatic heterocycles. The molecule has 1 N–H and O–H groups in total. The van der Waals surface area contributed by atoms with Gasteiger partial charge in [-0.1, -0.05) is 42.8 Å². The zero-order valence-corrected chi connectivity index (χ0v) is 12.0. The summed E-state index contributed by atoms with van der Waals surface area (Å²) in [6, 6.07) is 7.77. The van der Waals surface area contributed by atoms with Gasteiger partial charge in [-0.25, -0.2) is 0 Å². The normalized spacial score (nSPS) is 19.4. The van der Waals surface area contributed by atoms with Gasteiger partial charge in [-0.15, -0.1) is 0 Å². The molecule has 0 bridgehead atoms. The fraction of sp³-hybridized carbons (Fsp3) is 0.438. The molecule has 2 rings (SSSR count). The monoisotopic (exact) mass is 277 g/mol. The first-order valence-electron chi connectivity index (χ1n) is 6.90. The zero-order valence-electron chi connectivity index (χ0n) is 11.2. The number of hydrogen-bond donors (Lipinski definition) is 1. The van der Waals surface area contributed by atoms with E-state index < -0.39 is 0 Å². The van der Waals surface area contributed by atoms with Crippen molar-refractivity contribution in [3.8, 4) is 0 Å². The van der Waals surface area contributed by atoms with Gasteiger partial charge in [0.15, 0.2) is 0 Å². The van der Waals surface area contributed by atoms with E-state index >= 15 is 0 Å². The molecule has 2 unspecified atom stereocenters. The molecular weight excluding hydrogens is 258 g/mol. The molecule has 1 aromatic carbocycles. The largest absolute Gasteiger partial charge is 0.349 e. The summed E-state index contributed by atoms with van der Waals surface area (Å²) in [4.78, 5) is 12.0. The minimum Gasteiger partial charge on any atom is -0.349 e. The van der Waals surface area contributed by atoms with Gasteiger partial charge in [0.05, 0.1) is 6.04 Å². The topological polar surface area (TPSA) is 29.1 Å². The Morgan fingerprint density at radius 1 is 1.42 bits per heavy atom. The Bertz CT molecular complexity index is 452. The molecule has 1 aliphatic carbocycles. The Morgan fingerprint density at radius 2 is 2.16 bits per heavy atom. The van der Waals surface area contributed by atoms with Gasteiger partial charge in [0.25, 0.3) is 0 Å². The van der Waals surface area contributed by atoms with Crippen molar-refractivity contribution < 1.29 is 4.79 Å². The predicted octanol–water partition coefficient (Wildman–Crippen LogP) is 4.26. The van der Waals surface area contributed by atoms with E-state index in [0.29, 0.717) is 12.3 Å². The number of nitrogens with one attached hydrogen (secondary N) is 1.